The van der Waals surface area contributed by atoms with Gasteiger partial charge in [0, 0.05) is 19.3 Å². The van der Waals surface area contributed by atoms with Crippen LogP contribution in [0.15, 0.2) is 0 Å². The first-order chi connectivity index (χ1) is 7.81. The van der Waals surface area contributed by atoms with E-state index in [1.807, 2.05) is 0 Å². The standard InChI is InChI=1S/C12H23NO3S/c1-4-11(2)8-13-9-12(16-11)7-5-6-10(12)17(3,14)15/h10,13H,4-9H2,1-3H3. The Hall–Kier alpha value is -0.130. The minimum atomic E-state index is -3.03. The largest absolute Gasteiger partial charge is 0.365 e. The van der Waals surface area contributed by atoms with E-state index in [9.17, 15) is 8.42 Å². The molecule has 1 heterocycles. The molecule has 0 aromatic heterocycles. The second kappa shape index (κ2) is 4.21. The third-order valence-corrected chi connectivity index (χ3v) is 5.99. The third kappa shape index (κ3) is 2.37. The smallest absolute Gasteiger partial charge is 0.153 e. The Morgan fingerprint density at radius 3 is 2.71 bits per heavy atom. The molecule has 100 valence electrons. The van der Waals surface area contributed by atoms with E-state index < -0.39 is 15.4 Å². The summed E-state index contributed by atoms with van der Waals surface area (Å²) < 4.78 is 30.1. The second-order valence-electron chi connectivity index (χ2n) is 5.78. The van der Waals surface area contributed by atoms with Crippen molar-refractivity contribution in [3.8, 4) is 0 Å². The molecule has 1 spiro atoms. The van der Waals surface area contributed by atoms with Crippen molar-refractivity contribution < 1.29 is 13.2 Å². The first-order valence-corrected chi connectivity index (χ1v) is 8.37. The fourth-order valence-electron chi connectivity index (χ4n) is 3.23. The van der Waals surface area contributed by atoms with Crippen molar-refractivity contribution in [2.24, 2.45) is 0 Å². The summed E-state index contributed by atoms with van der Waals surface area (Å²) in [4.78, 5) is 0. The number of hydrogen-bond donors (Lipinski definition) is 1. The van der Waals surface area contributed by atoms with Gasteiger partial charge in [0.15, 0.2) is 9.84 Å². The van der Waals surface area contributed by atoms with E-state index in [0.717, 1.165) is 32.2 Å². The van der Waals surface area contributed by atoms with E-state index in [2.05, 4.69) is 19.2 Å². The molecule has 4 nitrogen and oxygen atoms in total. The predicted octanol–water partition coefficient (Wildman–Crippen LogP) is 1.11. The zero-order valence-electron chi connectivity index (χ0n) is 11.0. The number of ether oxygens (including phenoxy) is 1. The van der Waals surface area contributed by atoms with Crippen LogP contribution in [0.4, 0.5) is 0 Å². The molecule has 1 aliphatic heterocycles. The molecule has 2 rings (SSSR count). The van der Waals surface area contributed by atoms with Crippen LogP contribution in [0, 0.1) is 0 Å². The Kier molecular flexibility index (Phi) is 3.30. The Bertz CT molecular complexity index is 395. The summed E-state index contributed by atoms with van der Waals surface area (Å²) >= 11 is 0. The van der Waals surface area contributed by atoms with Gasteiger partial charge in [0.25, 0.3) is 0 Å². The van der Waals surface area contributed by atoms with Crippen molar-refractivity contribution >= 4 is 9.84 Å². The van der Waals surface area contributed by atoms with Gasteiger partial charge in [-0.15, -0.1) is 0 Å². The molecule has 0 bridgehead atoms. The second-order valence-corrected chi connectivity index (χ2v) is 8.01. The third-order valence-electron chi connectivity index (χ3n) is 4.29. The Morgan fingerprint density at radius 2 is 2.12 bits per heavy atom. The first-order valence-electron chi connectivity index (χ1n) is 6.41. The van der Waals surface area contributed by atoms with E-state index >= 15 is 0 Å². The van der Waals surface area contributed by atoms with Gasteiger partial charge >= 0.3 is 0 Å². The Morgan fingerprint density at radius 1 is 1.41 bits per heavy atom. The van der Waals surface area contributed by atoms with Crippen molar-refractivity contribution in [1.82, 2.24) is 5.32 Å². The SMILES string of the molecule is CCC1(C)CNCC2(CCCC2S(C)(=O)=O)O1. The highest BCUT2D eigenvalue weighted by Crippen LogP contribution is 2.42. The van der Waals surface area contributed by atoms with Crippen molar-refractivity contribution in [3.05, 3.63) is 0 Å². The zero-order valence-corrected chi connectivity index (χ0v) is 11.8. The Labute approximate surface area is 104 Å². The number of hydrogen-bond acceptors (Lipinski definition) is 4. The lowest BCUT2D eigenvalue weighted by Gasteiger charge is -2.47. The monoisotopic (exact) mass is 261 g/mol. The molecular formula is C12H23NO3S. The lowest BCUT2D eigenvalue weighted by atomic mass is 9.93. The fraction of sp³-hybridized carbons (Fsp3) is 1.00. The minimum Gasteiger partial charge on any atom is -0.365 e. The number of nitrogens with one attached hydrogen (secondary N) is 1. The molecule has 5 heteroatoms. The summed E-state index contributed by atoms with van der Waals surface area (Å²) in [5.41, 5.74) is -0.720. The highest BCUT2D eigenvalue weighted by atomic mass is 32.2. The summed E-state index contributed by atoms with van der Waals surface area (Å²) in [7, 11) is -3.03. The van der Waals surface area contributed by atoms with Crippen LogP contribution in [-0.2, 0) is 14.6 Å². The van der Waals surface area contributed by atoms with Crippen LogP contribution in [0.3, 0.4) is 0 Å². The van der Waals surface area contributed by atoms with Crippen molar-refractivity contribution in [2.45, 2.75) is 56.0 Å². The molecule has 1 aliphatic carbocycles. The van der Waals surface area contributed by atoms with E-state index in [0.29, 0.717) is 6.54 Å². The first kappa shape index (κ1) is 13.3. The predicted molar refractivity (Wildman–Crippen MR) is 67.9 cm³/mol. The van der Waals surface area contributed by atoms with Gasteiger partial charge in [0.1, 0.15) is 0 Å². The summed E-state index contributed by atoms with van der Waals surface area (Å²) in [6, 6.07) is 0. The van der Waals surface area contributed by atoms with E-state index in [4.69, 9.17) is 4.74 Å². The van der Waals surface area contributed by atoms with Crippen LogP contribution >= 0.6 is 0 Å². The van der Waals surface area contributed by atoms with Crippen LogP contribution in [0.1, 0.15) is 39.5 Å². The van der Waals surface area contributed by atoms with Crippen LogP contribution in [-0.4, -0.2) is 44.2 Å². The molecule has 2 aliphatic rings. The molecule has 0 radical (unpaired) electrons. The molecule has 0 aromatic carbocycles. The van der Waals surface area contributed by atoms with Crippen molar-refractivity contribution in [1.29, 1.82) is 0 Å². The molecule has 3 atom stereocenters. The molecule has 1 saturated carbocycles. The van der Waals surface area contributed by atoms with Crippen LogP contribution in [0.2, 0.25) is 0 Å². The normalized spacial score (nSPS) is 43.1. The molecule has 0 amide bonds. The van der Waals surface area contributed by atoms with Gasteiger partial charge < -0.3 is 10.1 Å². The topological polar surface area (TPSA) is 55.4 Å². The number of rotatable bonds is 2. The maximum atomic E-state index is 11.9. The van der Waals surface area contributed by atoms with Gasteiger partial charge in [0.2, 0.25) is 0 Å². The highest BCUT2D eigenvalue weighted by Gasteiger charge is 2.53. The van der Waals surface area contributed by atoms with Gasteiger partial charge in [0.05, 0.1) is 16.5 Å². The van der Waals surface area contributed by atoms with Gasteiger partial charge in [-0.2, -0.15) is 0 Å². The Balaban J connectivity index is 2.29. The number of sulfone groups is 1. The van der Waals surface area contributed by atoms with E-state index in [1.54, 1.807) is 0 Å². The molecule has 17 heavy (non-hydrogen) atoms. The molecular weight excluding hydrogens is 238 g/mol. The minimum absolute atomic E-state index is 0.231. The van der Waals surface area contributed by atoms with Gasteiger partial charge in [-0.3, -0.25) is 0 Å². The van der Waals surface area contributed by atoms with E-state index in [1.165, 1.54) is 6.26 Å². The molecule has 0 aromatic rings. The summed E-state index contributed by atoms with van der Waals surface area (Å²) in [5, 5.41) is 3.03. The molecule has 3 unspecified atom stereocenters. The zero-order chi connectivity index (χ0) is 12.7. The van der Waals surface area contributed by atoms with Gasteiger partial charge in [-0.05, 0) is 32.6 Å². The summed E-state index contributed by atoms with van der Waals surface area (Å²) in [6.45, 7) is 5.63. The van der Waals surface area contributed by atoms with Crippen LogP contribution in [0.25, 0.3) is 0 Å². The van der Waals surface area contributed by atoms with Crippen LogP contribution in [0.5, 0.6) is 0 Å². The lowest BCUT2D eigenvalue weighted by Crippen LogP contribution is -2.63. The van der Waals surface area contributed by atoms with Crippen molar-refractivity contribution in [2.75, 3.05) is 19.3 Å². The lowest BCUT2D eigenvalue weighted by molar-refractivity contribution is -0.166. The van der Waals surface area contributed by atoms with Crippen LogP contribution < -0.4 is 5.32 Å². The fourth-order valence-corrected chi connectivity index (χ4v) is 4.86. The highest BCUT2D eigenvalue weighted by molar-refractivity contribution is 7.91. The molecule has 1 saturated heterocycles. The number of morpholine rings is 1. The quantitative estimate of drug-likeness (QED) is 0.809. The average molecular weight is 261 g/mol. The molecule has 2 fully saturated rings. The van der Waals surface area contributed by atoms with Gasteiger partial charge in [-0.1, -0.05) is 6.92 Å². The maximum Gasteiger partial charge on any atom is 0.153 e. The van der Waals surface area contributed by atoms with Crippen molar-refractivity contribution in [3.63, 3.8) is 0 Å². The van der Waals surface area contributed by atoms with E-state index in [-0.39, 0.29) is 10.9 Å². The summed E-state index contributed by atoms with van der Waals surface area (Å²) in [6.07, 6.45) is 4.77. The average Bonchev–Trinajstić information content (AvgIpc) is 2.61. The van der Waals surface area contributed by atoms with Gasteiger partial charge in [-0.25, -0.2) is 8.42 Å². The summed E-state index contributed by atoms with van der Waals surface area (Å²) in [5.74, 6) is 0. The maximum absolute atomic E-state index is 11.9. The molecule has 1 N–H and O–H groups in total.